The molecule has 2 heteroatoms. The SMILES string of the molecule is CC1C=C(O)[C@H](O)CC1. The van der Waals surface area contributed by atoms with Crippen molar-refractivity contribution >= 4 is 0 Å². The van der Waals surface area contributed by atoms with Crippen molar-refractivity contribution in [2.45, 2.75) is 25.9 Å². The van der Waals surface area contributed by atoms with Crippen LogP contribution >= 0.6 is 0 Å². The van der Waals surface area contributed by atoms with Gasteiger partial charge in [-0.25, -0.2) is 0 Å². The van der Waals surface area contributed by atoms with Crippen molar-refractivity contribution in [2.24, 2.45) is 5.92 Å². The molecule has 0 aromatic heterocycles. The van der Waals surface area contributed by atoms with E-state index < -0.39 is 6.10 Å². The molecule has 0 aliphatic heterocycles. The Morgan fingerprint density at radius 2 is 2.22 bits per heavy atom. The number of hydrogen-bond acceptors (Lipinski definition) is 2. The lowest BCUT2D eigenvalue weighted by molar-refractivity contribution is 0.127. The highest BCUT2D eigenvalue weighted by molar-refractivity contribution is 5.03. The van der Waals surface area contributed by atoms with Crippen LogP contribution in [-0.4, -0.2) is 16.3 Å². The Balaban J connectivity index is 2.61. The molecule has 0 saturated heterocycles. The van der Waals surface area contributed by atoms with Crippen LogP contribution in [0, 0.1) is 5.92 Å². The van der Waals surface area contributed by atoms with Gasteiger partial charge in [0.2, 0.25) is 0 Å². The fourth-order valence-electron chi connectivity index (χ4n) is 1.05. The van der Waals surface area contributed by atoms with Crippen molar-refractivity contribution in [3.63, 3.8) is 0 Å². The van der Waals surface area contributed by atoms with Gasteiger partial charge in [-0.3, -0.25) is 0 Å². The molecule has 2 atom stereocenters. The zero-order valence-corrected chi connectivity index (χ0v) is 5.54. The van der Waals surface area contributed by atoms with Crippen LogP contribution in [0.4, 0.5) is 0 Å². The molecular weight excluding hydrogens is 116 g/mol. The molecule has 2 nitrogen and oxygen atoms in total. The van der Waals surface area contributed by atoms with Crippen molar-refractivity contribution in [2.75, 3.05) is 0 Å². The first-order chi connectivity index (χ1) is 4.20. The summed E-state index contributed by atoms with van der Waals surface area (Å²) in [5, 5.41) is 17.9. The van der Waals surface area contributed by atoms with Crippen molar-refractivity contribution in [3.8, 4) is 0 Å². The Hall–Kier alpha value is -0.500. The summed E-state index contributed by atoms with van der Waals surface area (Å²) in [6, 6.07) is 0. The molecular formula is C7H12O2. The molecule has 0 radical (unpaired) electrons. The number of allylic oxidation sites excluding steroid dienone is 1. The monoisotopic (exact) mass is 128 g/mol. The Labute approximate surface area is 54.8 Å². The average Bonchev–Trinajstić information content (AvgIpc) is 1.80. The van der Waals surface area contributed by atoms with Gasteiger partial charge >= 0.3 is 0 Å². The summed E-state index contributed by atoms with van der Waals surface area (Å²) in [6.07, 6.45) is 2.80. The number of aliphatic hydroxyl groups excluding tert-OH is 2. The summed E-state index contributed by atoms with van der Waals surface area (Å²) in [7, 11) is 0. The highest BCUT2D eigenvalue weighted by atomic mass is 16.3. The molecule has 0 fully saturated rings. The lowest BCUT2D eigenvalue weighted by Crippen LogP contribution is -2.16. The van der Waals surface area contributed by atoms with Crippen LogP contribution in [0.2, 0.25) is 0 Å². The van der Waals surface area contributed by atoms with E-state index in [1.807, 2.05) is 6.92 Å². The quantitative estimate of drug-likeness (QED) is 0.515. The van der Waals surface area contributed by atoms with Gasteiger partial charge in [0.05, 0.1) is 0 Å². The molecule has 0 aromatic carbocycles. The van der Waals surface area contributed by atoms with Gasteiger partial charge in [-0.05, 0) is 24.8 Å². The molecule has 2 N–H and O–H groups in total. The van der Waals surface area contributed by atoms with Gasteiger partial charge in [0.1, 0.15) is 11.9 Å². The predicted octanol–water partition coefficient (Wildman–Crippen LogP) is 1.22. The summed E-state index contributed by atoms with van der Waals surface area (Å²) in [5.74, 6) is 0.571. The van der Waals surface area contributed by atoms with Gasteiger partial charge in [-0.1, -0.05) is 6.92 Å². The molecule has 0 spiro atoms. The van der Waals surface area contributed by atoms with Crippen LogP contribution in [0.5, 0.6) is 0 Å². The fraction of sp³-hybridized carbons (Fsp3) is 0.714. The molecule has 1 aliphatic carbocycles. The second-order valence-corrected chi connectivity index (χ2v) is 2.66. The van der Waals surface area contributed by atoms with E-state index in [-0.39, 0.29) is 5.76 Å². The van der Waals surface area contributed by atoms with E-state index in [1.54, 1.807) is 6.08 Å². The van der Waals surface area contributed by atoms with E-state index in [0.29, 0.717) is 12.3 Å². The van der Waals surface area contributed by atoms with Crippen molar-refractivity contribution in [3.05, 3.63) is 11.8 Å². The van der Waals surface area contributed by atoms with E-state index in [0.717, 1.165) is 6.42 Å². The normalized spacial score (nSPS) is 36.0. The van der Waals surface area contributed by atoms with Crippen LogP contribution < -0.4 is 0 Å². The fourth-order valence-corrected chi connectivity index (χ4v) is 1.05. The smallest absolute Gasteiger partial charge is 0.117 e. The second-order valence-electron chi connectivity index (χ2n) is 2.66. The van der Waals surface area contributed by atoms with Crippen LogP contribution in [0.3, 0.4) is 0 Å². The van der Waals surface area contributed by atoms with Gasteiger partial charge in [-0.15, -0.1) is 0 Å². The molecule has 0 bridgehead atoms. The Morgan fingerprint density at radius 1 is 1.56 bits per heavy atom. The lowest BCUT2D eigenvalue weighted by Gasteiger charge is -2.18. The molecule has 52 valence electrons. The zero-order chi connectivity index (χ0) is 6.85. The van der Waals surface area contributed by atoms with E-state index in [2.05, 4.69) is 0 Å². The zero-order valence-electron chi connectivity index (χ0n) is 5.54. The Morgan fingerprint density at radius 3 is 2.67 bits per heavy atom. The topological polar surface area (TPSA) is 40.5 Å². The third-order valence-electron chi connectivity index (χ3n) is 1.69. The minimum absolute atomic E-state index is 0.147. The number of aliphatic hydroxyl groups is 2. The van der Waals surface area contributed by atoms with Gasteiger partial charge in [-0.2, -0.15) is 0 Å². The van der Waals surface area contributed by atoms with Gasteiger partial charge in [0, 0.05) is 0 Å². The number of rotatable bonds is 0. The summed E-state index contributed by atoms with van der Waals surface area (Å²) in [4.78, 5) is 0. The van der Waals surface area contributed by atoms with Crippen LogP contribution in [0.15, 0.2) is 11.8 Å². The van der Waals surface area contributed by atoms with Gasteiger partial charge in [0.15, 0.2) is 0 Å². The molecule has 0 heterocycles. The maximum atomic E-state index is 8.98. The molecule has 0 saturated carbocycles. The Bertz CT molecular complexity index is 129. The minimum Gasteiger partial charge on any atom is -0.510 e. The van der Waals surface area contributed by atoms with Crippen LogP contribution in [0.1, 0.15) is 19.8 Å². The average molecular weight is 128 g/mol. The number of hydrogen-bond donors (Lipinski definition) is 2. The van der Waals surface area contributed by atoms with Gasteiger partial charge < -0.3 is 10.2 Å². The standard InChI is InChI=1S/C7H12O2/c1-5-2-3-6(8)7(9)4-5/h4-6,8-9H,2-3H2,1H3/t5?,6-/m1/s1. The first-order valence-corrected chi connectivity index (χ1v) is 3.29. The highest BCUT2D eigenvalue weighted by Gasteiger charge is 2.16. The first kappa shape index (κ1) is 6.62. The van der Waals surface area contributed by atoms with Crippen molar-refractivity contribution < 1.29 is 10.2 Å². The van der Waals surface area contributed by atoms with Crippen LogP contribution in [0.25, 0.3) is 0 Å². The maximum absolute atomic E-state index is 8.98. The highest BCUT2D eigenvalue weighted by Crippen LogP contribution is 2.20. The maximum Gasteiger partial charge on any atom is 0.117 e. The lowest BCUT2D eigenvalue weighted by atomic mass is 9.95. The summed E-state index contributed by atoms with van der Waals surface area (Å²) < 4.78 is 0. The largest absolute Gasteiger partial charge is 0.510 e. The summed E-state index contributed by atoms with van der Waals surface area (Å²) in [6.45, 7) is 2.03. The molecule has 0 aromatic rings. The first-order valence-electron chi connectivity index (χ1n) is 3.29. The molecule has 9 heavy (non-hydrogen) atoms. The molecule has 1 unspecified atom stereocenters. The van der Waals surface area contributed by atoms with Crippen molar-refractivity contribution in [1.29, 1.82) is 0 Å². The van der Waals surface area contributed by atoms with Crippen LogP contribution in [-0.2, 0) is 0 Å². The van der Waals surface area contributed by atoms with E-state index >= 15 is 0 Å². The van der Waals surface area contributed by atoms with E-state index in [9.17, 15) is 0 Å². The minimum atomic E-state index is -0.596. The van der Waals surface area contributed by atoms with E-state index in [4.69, 9.17) is 10.2 Å². The summed E-state index contributed by atoms with van der Waals surface area (Å²) >= 11 is 0. The van der Waals surface area contributed by atoms with Gasteiger partial charge in [0.25, 0.3) is 0 Å². The third kappa shape index (κ3) is 1.45. The molecule has 0 amide bonds. The summed E-state index contributed by atoms with van der Waals surface area (Å²) in [5.41, 5.74) is 0. The second kappa shape index (κ2) is 2.40. The van der Waals surface area contributed by atoms with E-state index in [1.165, 1.54) is 0 Å². The predicted molar refractivity (Wildman–Crippen MR) is 35.1 cm³/mol. The Kier molecular flexibility index (Phi) is 1.76. The third-order valence-corrected chi connectivity index (χ3v) is 1.69. The molecule has 1 rings (SSSR count). The molecule has 1 aliphatic rings. The van der Waals surface area contributed by atoms with Crippen molar-refractivity contribution in [1.82, 2.24) is 0 Å².